The number of methoxy groups -OCH3 is 1. The van der Waals surface area contributed by atoms with Crippen LogP contribution in [0.4, 0.5) is 0 Å². The minimum absolute atomic E-state index is 0.379. The molecule has 0 bridgehead atoms. The number of nitrogens with one attached hydrogen (secondary N) is 1. The maximum absolute atomic E-state index is 5.64. The van der Waals surface area contributed by atoms with Gasteiger partial charge in [0.25, 0.3) is 0 Å². The number of rotatable bonds is 5. The molecule has 4 aromatic rings. The third-order valence-electron chi connectivity index (χ3n) is 6.18. The Labute approximate surface area is 192 Å². The maximum atomic E-state index is 5.64. The molecule has 1 N–H and O–H groups in total. The van der Waals surface area contributed by atoms with Crippen LogP contribution in [0.5, 0.6) is 5.75 Å². The quantitative estimate of drug-likeness (QED) is 0.370. The summed E-state index contributed by atoms with van der Waals surface area (Å²) in [4.78, 5) is 9.52. The largest absolute Gasteiger partial charge is 0.496 e. The molecule has 164 valence electrons. The molecule has 5 nitrogen and oxygen atoms in total. The molecule has 0 saturated heterocycles. The van der Waals surface area contributed by atoms with Gasteiger partial charge in [0.05, 0.1) is 25.1 Å². The molecule has 0 aliphatic heterocycles. The molecular weight excluding hydrogens is 416 g/mol. The second-order valence-electron chi connectivity index (χ2n) is 8.29. The highest BCUT2D eigenvalue weighted by atomic mass is 32.1. The fraction of sp³-hybridized carbons (Fsp3) is 0.308. The van der Waals surface area contributed by atoms with Crippen molar-refractivity contribution in [1.29, 1.82) is 0 Å². The van der Waals surface area contributed by atoms with Crippen molar-refractivity contribution < 1.29 is 4.74 Å². The van der Waals surface area contributed by atoms with E-state index in [0.29, 0.717) is 6.04 Å². The Morgan fingerprint density at radius 1 is 1.06 bits per heavy atom. The molecule has 1 aliphatic rings. The van der Waals surface area contributed by atoms with Gasteiger partial charge in [-0.05, 0) is 38.0 Å². The molecule has 0 amide bonds. The Hall–Kier alpha value is -3.12. The van der Waals surface area contributed by atoms with Gasteiger partial charge in [-0.15, -0.1) is 11.3 Å². The van der Waals surface area contributed by atoms with Crippen LogP contribution in [0.1, 0.15) is 43.4 Å². The smallest absolute Gasteiger partial charge is 0.206 e. The highest BCUT2D eigenvalue weighted by molar-refractivity contribution is 7.07. The van der Waals surface area contributed by atoms with Crippen LogP contribution in [-0.4, -0.2) is 29.0 Å². The summed E-state index contributed by atoms with van der Waals surface area (Å²) in [6.45, 7) is 2.09. The van der Waals surface area contributed by atoms with Crippen LogP contribution < -0.4 is 9.54 Å². The Balaban J connectivity index is 1.64. The summed E-state index contributed by atoms with van der Waals surface area (Å²) in [5.74, 6) is 0.835. The summed E-state index contributed by atoms with van der Waals surface area (Å²) in [7, 11) is 1.71. The Morgan fingerprint density at radius 2 is 1.84 bits per heavy atom. The number of nitrogens with zero attached hydrogens (tertiary/aromatic N) is 3. The summed E-state index contributed by atoms with van der Waals surface area (Å²) in [5.41, 5.74) is 5.35. The van der Waals surface area contributed by atoms with Gasteiger partial charge < -0.3 is 9.72 Å². The summed E-state index contributed by atoms with van der Waals surface area (Å²) in [5, 5.41) is 8.28. The number of aromatic amines is 1. The predicted octanol–water partition coefficient (Wildman–Crippen LogP) is 6.13. The van der Waals surface area contributed by atoms with Crippen LogP contribution in [0.15, 0.2) is 64.0 Å². The van der Waals surface area contributed by atoms with E-state index < -0.39 is 0 Å². The normalized spacial score (nSPS) is 15.8. The molecule has 2 aromatic carbocycles. The number of aryl methyl sites for hydroxylation is 1. The van der Waals surface area contributed by atoms with Gasteiger partial charge >= 0.3 is 0 Å². The zero-order valence-electron chi connectivity index (χ0n) is 18.5. The minimum Gasteiger partial charge on any atom is -0.496 e. The van der Waals surface area contributed by atoms with Gasteiger partial charge in [-0.3, -0.25) is 4.99 Å². The number of fused-ring (bicyclic) bond motifs is 1. The molecule has 0 unspecified atom stereocenters. The highest BCUT2D eigenvalue weighted by Crippen LogP contribution is 2.30. The van der Waals surface area contributed by atoms with Gasteiger partial charge in [0.15, 0.2) is 0 Å². The van der Waals surface area contributed by atoms with Crippen molar-refractivity contribution in [2.45, 2.75) is 45.1 Å². The average Bonchev–Trinajstić information content (AvgIpc) is 3.37. The van der Waals surface area contributed by atoms with E-state index in [-0.39, 0.29) is 0 Å². The maximum Gasteiger partial charge on any atom is 0.206 e. The van der Waals surface area contributed by atoms with Gasteiger partial charge in [0.2, 0.25) is 4.80 Å². The number of ether oxygens (including phenoxy) is 1. The lowest BCUT2D eigenvalue weighted by atomic mass is 9.96. The molecule has 5 rings (SSSR count). The molecule has 6 heteroatoms. The van der Waals surface area contributed by atoms with Crippen molar-refractivity contribution in [2.24, 2.45) is 10.1 Å². The number of aromatic nitrogens is 2. The first kappa shape index (κ1) is 20.8. The van der Waals surface area contributed by atoms with Gasteiger partial charge in [-0.25, -0.2) is 4.68 Å². The lowest BCUT2D eigenvalue weighted by Crippen LogP contribution is -2.19. The van der Waals surface area contributed by atoms with Crippen LogP contribution in [-0.2, 0) is 0 Å². The van der Waals surface area contributed by atoms with E-state index in [1.165, 1.54) is 24.6 Å². The lowest BCUT2D eigenvalue weighted by Gasteiger charge is -2.17. The van der Waals surface area contributed by atoms with Crippen LogP contribution in [0, 0.1) is 6.92 Å². The first-order valence-corrected chi connectivity index (χ1v) is 12.1. The van der Waals surface area contributed by atoms with E-state index in [0.717, 1.165) is 51.4 Å². The zero-order valence-corrected chi connectivity index (χ0v) is 19.4. The number of para-hydroxylation sites is 2. The zero-order chi connectivity index (χ0) is 21.9. The first-order valence-electron chi connectivity index (χ1n) is 11.2. The number of hydrogen-bond donors (Lipinski definition) is 1. The molecule has 0 spiro atoms. The van der Waals surface area contributed by atoms with Crippen molar-refractivity contribution in [2.75, 3.05) is 7.11 Å². The molecule has 32 heavy (non-hydrogen) atoms. The predicted molar refractivity (Wildman–Crippen MR) is 133 cm³/mol. The van der Waals surface area contributed by atoms with E-state index in [1.54, 1.807) is 18.4 Å². The summed E-state index contributed by atoms with van der Waals surface area (Å²) >= 11 is 1.65. The molecule has 1 saturated carbocycles. The van der Waals surface area contributed by atoms with Gasteiger partial charge in [0, 0.05) is 33.1 Å². The third kappa shape index (κ3) is 4.02. The fourth-order valence-corrected chi connectivity index (χ4v) is 5.39. The second-order valence-corrected chi connectivity index (χ2v) is 9.13. The summed E-state index contributed by atoms with van der Waals surface area (Å²) in [6, 6.07) is 16.8. The van der Waals surface area contributed by atoms with Crippen molar-refractivity contribution in [1.82, 2.24) is 9.66 Å². The lowest BCUT2D eigenvalue weighted by molar-refractivity contribution is 0.416. The van der Waals surface area contributed by atoms with E-state index >= 15 is 0 Å². The number of thiazole rings is 1. The van der Waals surface area contributed by atoms with Gasteiger partial charge in [-0.2, -0.15) is 5.10 Å². The molecule has 0 radical (unpaired) electrons. The Kier molecular flexibility index (Phi) is 5.95. The SMILES string of the molecule is COc1ccccc1-c1csc(=NC2CCCCC2)n1N=Cc1c(C)[nH]c2ccccc12. The number of benzene rings is 2. The van der Waals surface area contributed by atoms with Crippen LogP contribution in [0.25, 0.3) is 22.2 Å². The Bertz CT molecular complexity index is 1320. The molecular formula is C26H28N4OS. The van der Waals surface area contributed by atoms with Crippen LogP contribution >= 0.6 is 11.3 Å². The van der Waals surface area contributed by atoms with Crippen molar-refractivity contribution in [3.05, 3.63) is 70.0 Å². The average molecular weight is 445 g/mol. The fourth-order valence-electron chi connectivity index (χ4n) is 4.49. The molecule has 0 atom stereocenters. The van der Waals surface area contributed by atoms with E-state index in [9.17, 15) is 0 Å². The standard InChI is InChI=1S/C26H28N4OS/c1-18-22(20-12-6-8-14-23(20)28-18)16-27-30-24(21-13-7-9-15-25(21)31-2)17-32-26(30)29-19-10-4-3-5-11-19/h6-9,12-17,19,28H,3-5,10-11H2,1-2H3. The molecule has 2 aromatic heterocycles. The van der Waals surface area contributed by atoms with Crippen molar-refractivity contribution >= 4 is 28.5 Å². The van der Waals surface area contributed by atoms with E-state index in [4.69, 9.17) is 14.8 Å². The Morgan fingerprint density at radius 3 is 2.69 bits per heavy atom. The molecule has 1 aliphatic carbocycles. The number of hydrogen-bond acceptors (Lipinski definition) is 4. The van der Waals surface area contributed by atoms with Gasteiger partial charge in [-0.1, -0.05) is 49.6 Å². The monoisotopic (exact) mass is 444 g/mol. The molecule has 2 heterocycles. The molecule has 1 fully saturated rings. The van der Waals surface area contributed by atoms with Crippen molar-refractivity contribution in [3.63, 3.8) is 0 Å². The topological polar surface area (TPSA) is 54.7 Å². The summed E-state index contributed by atoms with van der Waals surface area (Å²) < 4.78 is 7.63. The van der Waals surface area contributed by atoms with Gasteiger partial charge in [0.1, 0.15) is 5.75 Å². The second kappa shape index (κ2) is 9.17. The first-order chi connectivity index (χ1) is 15.7. The number of H-pyrrole nitrogens is 1. The third-order valence-corrected chi connectivity index (χ3v) is 7.01. The highest BCUT2D eigenvalue weighted by Gasteiger charge is 2.16. The summed E-state index contributed by atoms with van der Waals surface area (Å²) in [6.07, 6.45) is 8.12. The van der Waals surface area contributed by atoms with Crippen LogP contribution in [0.2, 0.25) is 0 Å². The van der Waals surface area contributed by atoms with Crippen molar-refractivity contribution in [3.8, 4) is 17.0 Å². The minimum atomic E-state index is 0.379. The van der Waals surface area contributed by atoms with E-state index in [2.05, 4.69) is 41.6 Å². The van der Waals surface area contributed by atoms with E-state index in [1.807, 2.05) is 35.2 Å². The van der Waals surface area contributed by atoms with Crippen LogP contribution in [0.3, 0.4) is 0 Å².